The van der Waals surface area contributed by atoms with E-state index in [9.17, 15) is 10.2 Å². The molecule has 4 aliphatic rings. The molecule has 23 heavy (non-hydrogen) atoms. The Morgan fingerprint density at radius 1 is 1.09 bits per heavy atom. The normalized spacial score (nSPS) is 51.4. The van der Waals surface area contributed by atoms with Gasteiger partial charge in [0.2, 0.25) is 0 Å². The third kappa shape index (κ3) is 1.94. The summed E-state index contributed by atoms with van der Waals surface area (Å²) in [6.45, 7) is 7.07. The molecule has 0 heterocycles. The second kappa shape index (κ2) is 5.08. The minimum Gasteiger partial charge on any atom is -0.365 e. The zero-order valence-electron chi connectivity index (χ0n) is 15.1. The summed E-state index contributed by atoms with van der Waals surface area (Å²) in [5.41, 5.74) is 1.45. The molecule has 0 unspecified atom stereocenters. The highest BCUT2D eigenvalue weighted by Gasteiger charge is 2.63. The first-order valence-electron chi connectivity index (χ1n) is 9.99. The molecule has 2 nitrogen and oxygen atoms in total. The van der Waals surface area contributed by atoms with E-state index >= 15 is 0 Å². The zero-order valence-corrected chi connectivity index (χ0v) is 15.1. The van der Waals surface area contributed by atoms with Gasteiger partial charge in [0.05, 0.1) is 0 Å². The average molecular weight is 319 g/mol. The third-order valence-corrected chi connectivity index (χ3v) is 8.97. The molecule has 6 atom stereocenters. The number of aliphatic hydroxyl groups is 2. The van der Waals surface area contributed by atoms with Crippen LogP contribution in [0.1, 0.15) is 78.6 Å². The Balaban J connectivity index is 1.73. The van der Waals surface area contributed by atoms with Crippen molar-refractivity contribution >= 4 is 0 Å². The van der Waals surface area contributed by atoms with Gasteiger partial charge in [-0.3, -0.25) is 0 Å². The maximum Gasteiger partial charge on any atom is 0.172 e. The molecule has 0 radical (unpaired) electrons. The van der Waals surface area contributed by atoms with Crippen LogP contribution in [0.3, 0.4) is 0 Å². The van der Waals surface area contributed by atoms with Crippen molar-refractivity contribution in [3.63, 3.8) is 0 Å². The minimum atomic E-state index is -1.50. The molecule has 0 aromatic rings. The van der Waals surface area contributed by atoms with E-state index in [1.807, 2.05) is 0 Å². The molecule has 0 spiro atoms. The van der Waals surface area contributed by atoms with Crippen molar-refractivity contribution in [2.24, 2.45) is 34.5 Å². The van der Waals surface area contributed by atoms with Gasteiger partial charge in [-0.05, 0) is 74.0 Å². The van der Waals surface area contributed by atoms with Crippen LogP contribution in [0.5, 0.6) is 0 Å². The highest BCUT2D eigenvalue weighted by molar-refractivity contribution is 5.28. The predicted octanol–water partition coefficient (Wildman–Crippen LogP) is 4.66. The molecule has 2 N–H and O–H groups in total. The van der Waals surface area contributed by atoms with Gasteiger partial charge < -0.3 is 10.2 Å². The van der Waals surface area contributed by atoms with Crippen LogP contribution in [0, 0.1) is 34.5 Å². The summed E-state index contributed by atoms with van der Waals surface area (Å²) in [5.74, 6) is 1.29. The quantitative estimate of drug-likeness (QED) is 0.545. The van der Waals surface area contributed by atoms with Crippen LogP contribution in [-0.4, -0.2) is 16.0 Å². The van der Waals surface area contributed by atoms with Crippen molar-refractivity contribution in [3.05, 3.63) is 11.6 Å². The van der Waals surface area contributed by atoms with E-state index in [0.29, 0.717) is 23.7 Å². The second-order valence-electron chi connectivity index (χ2n) is 9.44. The van der Waals surface area contributed by atoms with Gasteiger partial charge in [0.1, 0.15) is 0 Å². The molecule has 4 rings (SSSR count). The molecular weight excluding hydrogens is 284 g/mol. The van der Waals surface area contributed by atoms with E-state index < -0.39 is 11.2 Å². The molecule has 130 valence electrons. The number of rotatable bonds is 1. The van der Waals surface area contributed by atoms with Crippen molar-refractivity contribution < 1.29 is 10.2 Å². The summed E-state index contributed by atoms with van der Waals surface area (Å²) in [6, 6.07) is 0. The van der Waals surface area contributed by atoms with E-state index in [2.05, 4.69) is 26.8 Å². The van der Waals surface area contributed by atoms with Crippen molar-refractivity contribution in [1.82, 2.24) is 0 Å². The van der Waals surface area contributed by atoms with Crippen LogP contribution < -0.4 is 0 Å². The number of hydrogen-bond acceptors (Lipinski definition) is 2. The molecule has 0 aromatic carbocycles. The van der Waals surface area contributed by atoms with Crippen molar-refractivity contribution in [2.45, 2.75) is 84.3 Å². The Morgan fingerprint density at radius 2 is 1.87 bits per heavy atom. The SMILES string of the molecule is CC[C@H]1CC[C@H]2[C@@H]3CC=C4CCCC(O)(O)[C@]4(C)[C@H]3CC[C@]12C. The second-order valence-corrected chi connectivity index (χ2v) is 9.44. The molecule has 2 heteroatoms. The zero-order chi connectivity index (χ0) is 16.5. The lowest BCUT2D eigenvalue weighted by Crippen LogP contribution is -2.60. The Hall–Kier alpha value is -0.340. The summed E-state index contributed by atoms with van der Waals surface area (Å²) in [5, 5.41) is 21.8. The van der Waals surface area contributed by atoms with Crippen molar-refractivity contribution in [1.29, 1.82) is 0 Å². The van der Waals surface area contributed by atoms with Crippen molar-refractivity contribution in [2.75, 3.05) is 0 Å². The first-order valence-corrected chi connectivity index (χ1v) is 9.99. The fourth-order valence-electron chi connectivity index (χ4n) is 7.54. The van der Waals surface area contributed by atoms with E-state index in [0.717, 1.165) is 24.7 Å². The lowest BCUT2D eigenvalue weighted by molar-refractivity contribution is -0.269. The average Bonchev–Trinajstić information content (AvgIpc) is 2.85. The number of hydrogen-bond donors (Lipinski definition) is 2. The summed E-state index contributed by atoms with van der Waals surface area (Å²) in [7, 11) is 0. The van der Waals surface area contributed by atoms with Gasteiger partial charge in [0.15, 0.2) is 5.79 Å². The van der Waals surface area contributed by atoms with Gasteiger partial charge in [0.25, 0.3) is 0 Å². The summed E-state index contributed by atoms with van der Waals surface area (Å²) in [4.78, 5) is 0. The Bertz CT molecular complexity index is 522. The Kier molecular flexibility index (Phi) is 3.57. The summed E-state index contributed by atoms with van der Waals surface area (Å²) >= 11 is 0. The Morgan fingerprint density at radius 3 is 2.61 bits per heavy atom. The fraction of sp³-hybridized carbons (Fsp3) is 0.905. The smallest absolute Gasteiger partial charge is 0.172 e. The minimum absolute atomic E-state index is 0.403. The third-order valence-electron chi connectivity index (χ3n) is 8.97. The molecule has 0 bridgehead atoms. The van der Waals surface area contributed by atoms with Crippen LogP contribution >= 0.6 is 0 Å². The Labute approximate surface area is 141 Å². The first kappa shape index (κ1) is 16.1. The van der Waals surface area contributed by atoms with Gasteiger partial charge in [-0.1, -0.05) is 38.8 Å². The van der Waals surface area contributed by atoms with E-state index in [1.165, 1.54) is 44.1 Å². The molecule has 0 amide bonds. The summed E-state index contributed by atoms with van der Waals surface area (Å²) < 4.78 is 0. The van der Waals surface area contributed by atoms with Crippen LogP contribution in [-0.2, 0) is 0 Å². The van der Waals surface area contributed by atoms with Gasteiger partial charge in [-0.25, -0.2) is 0 Å². The van der Waals surface area contributed by atoms with E-state index in [1.54, 1.807) is 0 Å². The van der Waals surface area contributed by atoms with Gasteiger partial charge >= 0.3 is 0 Å². The van der Waals surface area contributed by atoms with Gasteiger partial charge in [-0.15, -0.1) is 0 Å². The monoisotopic (exact) mass is 318 g/mol. The van der Waals surface area contributed by atoms with E-state index in [4.69, 9.17) is 0 Å². The topological polar surface area (TPSA) is 40.5 Å². The molecule has 0 aliphatic heterocycles. The first-order chi connectivity index (χ1) is 10.8. The van der Waals surface area contributed by atoms with Crippen LogP contribution in [0.15, 0.2) is 11.6 Å². The lowest BCUT2D eigenvalue weighted by atomic mass is 9.46. The predicted molar refractivity (Wildman–Crippen MR) is 92.7 cm³/mol. The number of fused-ring (bicyclic) bond motifs is 5. The molecule has 0 aromatic heterocycles. The summed E-state index contributed by atoms with van der Waals surface area (Å²) in [6.07, 6.45) is 12.7. The highest BCUT2D eigenvalue weighted by atomic mass is 16.5. The molecule has 0 saturated heterocycles. The molecular formula is C21H34O2. The molecule has 3 fully saturated rings. The number of allylic oxidation sites excluding steroid dienone is 1. The van der Waals surface area contributed by atoms with Gasteiger partial charge in [0, 0.05) is 11.8 Å². The molecule has 4 aliphatic carbocycles. The van der Waals surface area contributed by atoms with Crippen LogP contribution in [0.2, 0.25) is 0 Å². The highest BCUT2D eigenvalue weighted by Crippen LogP contribution is 2.67. The van der Waals surface area contributed by atoms with Crippen molar-refractivity contribution in [3.8, 4) is 0 Å². The van der Waals surface area contributed by atoms with Gasteiger partial charge in [-0.2, -0.15) is 0 Å². The van der Waals surface area contributed by atoms with E-state index in [-0.39, 0.29) is 0 Å². The standard InChI is InChI=1S/C21H34O2/c1-4-14-8-10-17-16-9-7-15-6-5-12-21(22,23)20(15,3)18(16)11-13-19(14,17)2/h7,14,16-18,22-23H,4-6,8-13H2,1-3H3/t14-,16-,17-,18-,19+,20-/m0/s1. The fourth-order valence-corrected chi connectivity index (χ4v) is 7.54. The van der Waals surface area contributed by atoms with Crippen LogP contribution in [0.25, 0.3) is 0 Å². The maximum absolute atomic E-state index is 10.9. The maximum atomic E-state index is 10.9. The van der Waals surface area contributed by atoms with Crippen LogP contribution in [0.4, 0.5) is 0 Å². The largest absolute Gasteiger partial charge is 0.365 e. The molecule has 3 saturated carbocycles. The lowest BCUT2D eigenvalue weighted by Gasteiger charge is -2.60.